The molecule has 2 aromatic rings. The van der Waals surface area contributed by atoms with Gasteiger partial charge in [-0.3, -0.25) is 15.2 Å². The van der Waals surface area contributed by atoms with Crippen molar-refractivity contribution in [3.63, 3.8) is 0 Å². The average Bonchev–Trinajstić information content (AvgIpc) is 2.82. The van der Waals surface area contributed by atoms with Gasteiger partial charge in [0.1, 0.15) is 5.52 Å². The van der Waals surface area contributed by atoms with Crippen LogP contribution in [0.3, 0.4) is 0 Å². The van der Waals surface area contributed by atoms with Crippen LogP contribution < -0.4 is 0 Å². The molecule has 0 saturated heterocycles. The molecule has 0 spiro atoms. The summed E-state index contributed by atoms with van der Waals surface area (Å²) in [5.74, 6) is 0. The van der Waals surface area contributed by atoms with E-state index in [-0.39, 0.29) is 5.69 Å². The van der Waals surface area contributed by atoms with Crippen LogP contribution in [0.1, 0.15) is 5.56 Å². The minimum Gasteiger partial charge on any atom is -0.271 e. The topological polar surface area (TPSA) is 71.8 Å². The Hall–Kier alpha value is -2.69. The van der Waals surface area contributed by atoms with Gasteiger partial charge in [-0.1, -0.05) is 37.5 Å². The lowest BCUT2D eigenvalue weighted by atomic mass is 10.0. The molecule has 5 nitrogen and oxygen atoms in total. The average molecular weight is 241 g/mol. The molecule has 0 amide bonds. The minimum absolute atomic E-state index is 0.00185. The van der Waals surface area contributed by atoms with Gasteiger partial charge >= 0.3 is 5.69 Å². The number of H-pyrrole nitrogens is 1. The molecule has 0 radical (unpaired) electrons. The van der Waals surface area contributed by atoms with Gasteiger partial charge in [-0.15, -0.1) is 0 Å². The van der Waals surface area contributed by atoms with Crippen LogP contribution in [0.5, 0.6) is 0 Å². The summed E-state index contributed by atoms with van der Waals surface area (Å²) in [6.07, 6.45) is 6.36. The summed E-state index contributed by atoms with van der Waals surface area (Å²) in [4.78, 5) is 10.8. The zero-order chi connectivity index (χ0) is 13.1. The molecule has 0 saturated carbocycles. The van der Waals surface area contributed by atoms with Gasteiger partial charge in [0.05, 0.1) is 16.7 Å². The first-order chi connectivity index (χ1) is 8.69. The molecular formula is C13H11N3O2. The quantitative estimate of drug-likeness (QED) is 0.507. The lowest BCUT2D eigenvalue weighted by Crippen LogP contribution is -1.95. The van der Waals surface area contributed by atoms with Gasteiger partial charge in [0, 0.05) is 5.39 Å². The van der Waals surface area contributed by atoms with E-state index in [9.17, 15) is 10.1 Å². The highest BCUT2D eigenvalue weighted by atomic mass is 16.6. The lowest BCUT2D eigenvalue weighted by Gasteiger charge is -2.04. The molecule has 90 valence electrons. The van der Waals surface area contributed by atoms with Crippen LogP contribution in [-0.2, 0) is 0 Å². The first-order valence-electron chi connectivity index (χ1n) is 5.25. The smallest absolute Gasteiger partial charge is 0.271 e. The van der Waals surface area contributed by atoms with Gasteiger partial charge in [0.2, 0.25) is 0 Å². The highest BCUT2D eigenvalue weighted by molar-refractivity contribution is 5.95. The second-order valence-corrected chi connectivity index (χ2v) is 3.61. The van der Waals surface area contributed by atoms with Crippen LogP contribution in [0.2, 0.25) is 0 Å². The maximum absolute atomic E-state index is 11.2. The van der Waals surface area contributed by atoms with Crippen molar-refractivity contribution in [2.75, 3.05) is 0 Å². The first kappa shape index (κ1) is 11.8. The number of nitro benzene ring substituents is 1. The summed E-state index contributed by atoms with van der Waals surface area (Å²) in [6, 6.07) is 3.47. The van der Waals surface area contributed by atoms with E-state index in [0.29, 0.717) is 22.0 Å². The first-order valence-corrected chi connectivity index (χ1v) is 5.25. The molecule has 1 heterocycles. The molecule has 18 heavy (non-hydrogen) atoms. The Morgan fingerprint density at radius 3 is 2.83 bits per heavy atom. The van der Waals surface area contributed by atoms with E-state index in [1.165, 1.54) is 0 Å². The van der Waals surface area contributed by atoms with Crippen LogP contribution >= 0.6 is 0 Å². The maximum Gasteiger partial charge on any atom is 0.302 e. The number of hydrogen-bond donors (Lipinski definition) is 1. The molecule has 0 aliphatic carbocycles. The molecule has 0 aliphatic rings. The Morgan fingerprint density at radius 2 is 2.22 bits per heavy atom. The normalized spacial score (nSPS) is 11.4. The number of aromatic amines is 1. The van der Waals surface area contributed by atoms with Crippen LogP contribution in [0.25, 0.3) is 16.5 Å². The van der Waals surface area contributed by atoms with Gasteiger partial charge in [0.15, 0.2) is 0 Å². The number of rotatable bonds is 4. The predicted octanol–water partition coefficient (Wildman–Crippen LogP) is 3.23. The molecular weight excluding hydrogens is 230 g/mol. The summed E-state index contributed by atoms with van der Waals surface area (Å²) in [5, 5.41) is 18.4. The van der Waals surface area contributed by atoms with Crippen LogP contribution in [-0.4, -0.2) is 15.1 Å². The summed E-state index contributed by atoms with van der Waals surface area (Å²) < 4.78 is 0. The zero-order valence-corrected chi connectivity index (χ0v) is 9.59. The standard InChI is InChI=1S/C13H11N3O2/c1-3-5-9(4-2)11-7-6-10-8-14-15-12(10)13(11)16(17)18/h3-8H,1-2H2,(H,14,15)/b9-5+. The number of aromatic nitrogens is 2. The van der Waals surface area contributed by atoms with E-state index in [0.717, 1.165) is 0 Å². The number of nitro groups is 1. The second kappa shape index (κ2) is 4.67. The molecule has 1 aromatic heterocycles. The van der Waals surface area contributed by atoms with E-state index in [4.69, 9.17) is 0 Å². The van der Waals surface area contributed by atoms with E-state index in [1.54, 1.807) is 36.6 Å². The predicted molar refractivity (Wildman–Crippen MR) is 71.1 cm³/mol. The van der Waals surface area contributed by atoms with Crippen molar-refractivity contribution < 1.29 is 4.92 Å². The molecule has 1 N–H and O–H groups in total. The van der Waals surface area contributed by atoms with Gasteiger partial charge in [-0.25, -0.2) is 0 Å². The molecule has 0 unspecified atom stereocenters. The Kier molecular flexibility index (Phi) is 3.05. The highest BCUT2D eigenvalue weighted by Gasteiger charge is 2.20. The molecule has 0 bridgehead atoms. The number of allylic oxidation sites excluding steroid dienone is 4. The molecule has 0 aliphatic heterocycles. The fraction of sp³-hybridized carbons (Fsp3) is 0. The van der Waals surface area contributed by atoms with E-state index < -0.39 is 4.92 Å². The van der Waals surface area contributed by atoms with Crippen molar-refractivity contribution in [3.05, 3.63) is 65.4 Å². The van der Waals surface area contributed by atoms with Crippen molar-refractivity contribution in [2.24, 2.45) is 0 Å². The molecule has 0 atom stereocenters. The summed E-state index contributed by atoms with van der Waals surface area (Å²) in [5.41, 5.74) is 1.55. The monoisotopic (exact) mass is 241 g/mol. The van der Waals surface area contributed by atoms with Crippen molar-refractivity contribution >= 4 is 22.2 Å². The fourth-order valence-corrected chi connectivity index (χ4v) is 1.82. The van der Waals surface area contributed by atoms with Gasteiger partial charge in [-0.05, 0) is 11.6 Å². The Morgan fingerprint density at radius 1 is 1.44 bits per heavy atom. The molecule has 0 fully saturated rings. The van der Waals surface area contributed by atoms with Crippen molar-refractivity contribution in [2.45, 2.75) is 0 Å². The maximum atomic E-state index is 11.2. The van der Waals surface area contributed by atoms with E-state index >= 15 is 0 Å². The Balaban J connectivity index is 2.81. The van der Waals surface area contributed by atoms with Gasteiger partial charge in [0.25, 0.3) is 0 Å². The molecule has 1 aromatic carbocycles. The Labute approximate surface area is 103 Å². The minimum atomic E-state index is -0.420. The Bertz CT molecular complexity index is 668. The number of nitrogens with one attached hydrogen (secondary N) is 1. The number of nitrogens with zero attached hydrogens (tertiary/aromatic N) is 2. The van der Waals surface area contributed by atoms with Crippen molar-refractivity contribution in [1.82, 2.24) is 10.2 Å². The third-order valence-corrected chi connectivity index (χ3v) is 2.60. The summed E-state index contributed by atoms with van der Waals surface area (Å²) in [6.45, 7) is 7.25. The summed E-state index contributed by atoms with van der Waals surface area (Å²) in [7, 11) is 0. The lowest BCUT2D eigenvalue weighted by molar-refractivity contribution is -0.383. The summed E-state index contributed by atoms with van der Waals surface area (Å²) >= 11 is 0. The zero-order valence-electron chi connectivity index (χ0n) is 9.59. The third kappa shape index (κ3) is 1.82. The largest absolute Gasteiger partial charge is 0.302 e. The highest BCUT2D eigenvalue weighted by Crippen LogP contribution is 2.32. The molecule has 2 rings (SSSR count). The third-order valence-electron chi connectivity index (χ3n) is 2.60. The van der Waals surface area contributed by atoms with E-state index in [1.807, 2.05) is 0 Å². The van der Waals surface area contributed by atoms with Crippen LogP contribution in [0.15, 0.2) is 49.7 Å². The van der Waals surface area contributed by atoms with Crippen LogP contribution in [0.4, 0.5) is 5.69 Å². The fourth-order valence-electron chi connectivity index (χ4n) is 1.82. The van der Waals surface area contributed by atoms with Gasteiger partial charge < -0.3 is 0 Å². The number of fused-ring (bicyclic) bond motifs is 1. The van der Waals surface area contributed by atoms with Crippen LogP contribution in [0, 0.1) is 10.1 Å². The van der Waals surface area contributed by atoms with Crippen molar-refractivity contribution in [3.8, 4) is 0 Å². The van der Waals surface area contributed by atoms with E-state index in [2.05, 4.69) is 23.4 Å². The second-order valence-electron chi connectivity index (χ2n) is 3.61. The number of benzene rings is 1. The number of hydrogen-bond acceptors (Lipinski definition) is 3. The van der Waals surface area contributed by atoms with Crippen molar-refractivity contribution in [1.29, 1.82) is 0 Å². The van der Waals surface area contributed by atoms with Gasteiger partial charge in [-0.2, -0.15) is 5.10 Å². The molecule has 5 heteroatoms. The SMILES string of the molecule is C=C/C=C(\C=C)c1ccc2cn[nH]c2c1[N+](=O)[O-].